The highest BCUT2D eigenvalue weighted by Gasteiger charge is 2.32. The molecule has 1 saturated heterocycles. The van der Waals surface area contributed by atoms with Crippen LogP contribution in [0.2, 0.25) is 5.02 Å². The van der Waals surface area contributed by atoms with E-state index in [0.717, 1.165) is 49.6 Å². The van der Waals surface area contributed by atoms with Crippen LogP contribution in [0.3, 0.4) is 0 Å². The molecule has 0 amide bonds. The molecule has 6 heteroatoms. The molecule has 4 rings (SSSR count). The molecule has 2 unspecified atom stereocenters. The molecule has 0 saturated carbocycles. The van der Waals surface area contributed by atoms with E-state index in [4.69, 9.17) is 16.3 Å². The van der Waals surface area contributed by atoms with Crippen molar-refractivity contribution in [1.82, 2.24) is 9.80 Å². The monoisotopic (exact) mass is 472 g/mol. The minimum atomic E-state index is -0.691. The van der Waals surface area contributed by atoms with Gasteiger partial charge in [-0.25, -0.2) is 0 Å². The summed E-state index contributed by atoms with van der Waals surface area (Å²) in [4.78, 5) is 4.84. The molecule has 0 aliphatic carbocycles. The Morgan fingerprint density at radius 1 is 0.875 bits per heavy atom. The lowest BCUT2D eigenvalue weighted by Crippen LogP contribution is -2.48. The maximum Gasteiger partial charge on any atom is 0.118 e. The Morgan fingerprint density at radius 2 is 1.50 bits per heavy atom. The summed E-state index contributed by atoms with van der Waals surface area (Å²) in [5.74, 6) is 0.882. The van der Waals surface area contributed by atoms with Gasteiger partial charge in [-0.3, -0.25) is 9.80 Å². The smallest absolute Gasteiger partial charge is 0.118 e. The summed E-state index contributed by atoms with van der Waals surface area (Å²) >= 11 is 6.43. The Labute approximate surface area is 201 Å². The average Bonchev–Trinajstić information content (AvgIpc) is 2.82. The molecule has 3 aromatic carbocycles. The fourth-order valence-corrected chi connectivity index (χ4v) is 4.56. The summed E-state index contributed by atoms with van der Waals surface area (Å²) in [5.41, 5.74) is 3.17. The molecule has 0 spiro atoms. The van der Waals surface area contributed by atoms with Gasteiger partial charge in [0.05, 0.1) is 13.2 Å². The number of piperazine rings is 1. The number of nitrogens with zero attached hydrogens (tertiary/aromatic N) is 2. The van der Waals surface area contributed by atoms with Gasteiger partial charge in [0.2, 0.25) is 0 Å². The van der Waals surface area contributed by atoms with E-state index in [2.05, 4.69) is 34.1 Å². The number of aliphatic hydroxyl groups excluding tert-OH is 1. The Kier molecular flexibility index (Phi) is 8.97. The molecule has 32 heavy (non-hydrogen) atoms. The zero-order valence-corrected chi connectivity index (χ0v) is 19.8. The topological polar surface area (TPSA) is 35.9 Å². The van der Waals surface area contributed by atoms with Crippen molar-refractivity contribution in [2.75, 3.05) is 33.3 Å². The van der Waals surface area contributed by atoms with Crippen LogP contribution in [0.5, 0.6) is 5.75 Å². The number of halogens is 2. The van der Waals surface area contributed by atoms with Crippen molar-refractivity contribution < 1.29 is 9.84 Å². The third-order valence-corrected chi connectivity index (χ3v) is 6.37. The van der Waals surface area contributed by atoms with Gasteiger partial charge in [-0.1, -0.05) is 72.3 Å². The van der Waals surface area contributed by atoms with Gasteiger partial charge in [-0.2, -0.15) is 0 Å². The van der Waals surface area contributed by atoms with Gasteiger partial charge in [0, 0.05) is 43.3 Å². The standard InChI is InChI=1S/C26H29ClN2O2.ClH/c1-31-22-13-11-20(12-14-22)19-28-15-17-29(18-16-28)25(21-7-3-2-4-8-21)26(30)23-9-5-6-10-24(23)27;/h2-14,25-26,30H,15-19H2,1H3;1H. The molecule has 1 aliphatic heterocycles. The molecule has 1 N–H and O–H groups in total. The first-order valence-electron chi connectivity index (χ1n) is 10.7. The lowest BCUT2D eigenvalue weighted by Gasteiger charge is -2.41. The number of hydrogen-bond acceptors (Lipinski definition) is 4. The molecular formula is C26H30Cl2N2O2. The molecule has 1 fully saturated rings. The highest BCUT2D eigenvalue weighted by molar-refractivity contribution is 6.31. The Hall–Kier alpha value is -2.08. The molecule has 0 bridgehead atoms. The second-order valence-corrected chi connectivity index (χ2v) is 8.39. The van der Waals surface area contributed by atoms with E-state index in [-0.39, 0.29) is 18.4 Å². The Bertz CT molecular complexity index is 961. The third kappa shape index (κ3) is 5.83. The van der Waals surface area contributed by atoms with Crippen molar-refractivity contribution in [2.24, 2.45) is 0 Å². The average molecular weight is 473 g/mol. The lowest BCUT2D eigenvalue weighted by atomic mass is 9.93. The van der Waals surface area contributed by atoms with Crippen molar-refractivity contribution in [2.45, 2.75) is 18.7 Å². The lowest BCUT2D eigenvalue weighted by molar-refractivity contribution is 0.0149. The van der Waals surface area contributed by atoms with E-state index in [1.807, 2.05) is 54.6 Å². The number of aliphatic hydroxyl groups is 1. The molecule has 2 atom stereocenters. The second kappa shape index (κ2) is 11.7. The second-order valence-electron chi connectivity index (χ2n) is 7.98. The molecule has 4 nitrogen and oxygen atoms in total. The zero-order valence-electron chi connectivity index (χ0n) is 18.2. The fourth-order valence-electron chi connectivity index (χ4n) is 4.32. The van der Waals surface area contributed by atoms with E-state index < -0.39 is 6.10 Å². The van der Waals surface area contributed by atoms with E-state index in [0.29, 0.717) is 5.02 Å². The number of rotatable bonds is 7. The molecule has 1 aliphatic rings. The van der Waals surface area contributed by atoms with Crippen LogP contribution < -0.4 is 4.74 Å². The van der Waals surface area contributed by atoms with Crippen LogP contribution in [0, 0.1) is 0 Å². The van der Waals surface area contributed by atoms with Crippen LogP contribution >= 0.6 is 24.0 Å². The highest BCUT2D eigenvalue weighted by atomic mass is 35.5. The van der Waals surface area contributed by atoms with Gasteiger partial charge >= 0.3 is 0 Å². The van der Waals surface area contributed by atoms with E-state index >= 15 is 0 Å². The quantitative estimate of drug-likeness (QED) is 0.501. The predicted octanol–water partition coefficient (Wildman–Crippen LogP) is 5.36. The fraction of sp³-hybridized carbons (Fsp3) is 0.308. The summed E-state index contributed by atoms with van der Waals surface area (Å²) in [6.45, 7) is 4.59. The third-order valence-electron chi connectivity index (χ3n) is 6.03. The number of methoxy groups -OCH3 is 1. The molecule has 0 radical (unpaired) electrons. The number of ether oxygens (including phenoxy) is 1. The summed E-state index contributed by atoms with van der Waals surface area (Å²) in [7, 11) is 1.69. The van der Waals surface area contributed by atoms with Gasteiger partial charge in [0.1, 0.15) is 11.9 Å². The SMILES string of the molecule is COc1ccc(CN2CCN(C(c3ccccc3)C(O)c3ccccc3Cl)CC2)cc1.Cl. The number of hydrogen-bond donors (Lipinski definition) is 1. The van der Waals surface area contributed by atoms with Crippen LogP contribution in [-0.4, -0.2) is 48.2 Å². The molecule has 170 valence electrons. The summed E-state index contributed by atoms with van der Waals surface area (Å²) < 4.78 is 5.26. The van der Waals surface area contributed by atoms with Crippen LogP contribution in [0.4, 0.5) is 0 Å². The minimum Gasteiger partial charge on any atom is -0.497 e. The van der Waals surface area contributed by atoms with Crippen LogP contribution in [-0.2, 0) is 6.54 Å². The largest absolute Gasteiger partial charge is 0.497 e. The van der Waals surface area contributed by atoms with Crippen molar-refractivity contribution in [1.29, 1.82) is 0 Å². The molecule has 1 heterocycles. The number of benzene rings is 3. The molecule has 0 aromatic heterocycles. The van der Waals surface area contributed by atoms with Gasteiger partial charge in [0.25, 0.3) is 0 Å². The highest BCUT2D eigenvalue weighted by Crippen LogP contribution is 2.37. The maximum absolute atomic E-state index is 11.4. The first-order valence-corrected chi connectivity index (χ1v) is 11.1. The summed E-state index contributed by atoms with van der Waals surface area (Å²) in [6.07, 6.45) is -0.691. The van der Waals surface area contributed by atoms with Gasteiger partial charge in [-0.05, 0) is 29.3 Å². The summed E-state index contributed by atoms with van der Waals surface area (Å²) in [6, 6.07) is 26.0. The van der Waals surface area contributed by atoms with Crippen LogP contribution in [0.15, 0.2) is 78.9 Å². The normalized spacial score (nSPS) is 16.7. The Balaban J connectivity index is 0.00000289. The zero-order chi connectivity index (χ0) is 21.6. The summed E-state index contributed by atoms with van der Waals surface area (Å²) in [5, 5.41) is 12.0. The van der Waals surface area contributed by atoms with Crippen molar-refractivity contribution in [3.8, 4) is 5.75 Å². The Morgan fingerprint density at radius 3 is 2.12 bits per heavy atom. The van der Waals surface area contributed by atoms with Crippen LogP contribution in [0.25, 0.3) is 0 Å². The van der Waals surface area contributed by atoms with Gasteiger partial charge in [0.15, 0.2) is 0 Å². The minimum absolute atomic E-state index is 0. The van der Waals surface area contributed by atoms with E-state index in [1.54, 1.807) is 7.11 Å². The van der Waals surface area contributed by atoms with E-state index in [1.165, 1.54) is 5.56 Å². The van der Waals surface area contributed by atoms with Gasteiger partial charge < -0.3 is 9.84 Å². The van der Waals surface area contributed by atoms with Crippen molar-refractivity contribution in [3.63, 3.8) is 0 Å². The maximum atomic E-state index is 11.4. The molecular weight excluding hydrogens is 443 g/mol. The first kappa shape index (κ1) is 24.6. The molecule has 3 aromatic rings. The predicted molar refractivity (Wildman–Crippen MR) is 133 cm³/mol. The van der Waals surface area contributed by atoms with Crippen molar-refractivity contribution in [3.05, 3.63) is 101 Å². The van der Waals surface area contributed by atoms with Gasteiger partial charge in [-0.15, -0.1) is 12.4 Å². The van der Waals surface area contributed by atoms with E-state index in [9.17, 15) is 5.11 Å². The van der Waals surface area contributed by atoms with Crippen molar-refractivity contribution >= 4 is 24.0 Å². The van der Waals surface area contributed by atoms with Crippen LogP contribution in [0.1, 0.15) is 28.8 Å². The first-order chi connectivity index (χ1) is 15.2.